The van der Waals surface area contributed by atoms with Crippen molar-refractivity contribution in [3.63, 3.8) is 0 Å². The number of ketones is 3. The Bertz CT molecular complexity index is 801. The quantitative estimate of drug-likeness (QED) is 0.153. The topological polar surface area (TPSA) is 112 Å². The van der Waals surface area contributed by atoms with E-state index in [0.29, 0.717) is 0 Å². The predicted molar refractivity (Wildman–Crippen MR) is 164 cm³/mol. The number of hydrogen-bond donors (Lipinski definition) is 3. The second-order valence-electron chi connectivity index (χ2n) is 16.2. The summed E-state index contributed by atoms with van der Waals surface area (Å²) in [4.78, 5) is 34.5. The van der Waals surface area contributed by atoms with Gasteiger partial charge in [-0.25, -0.2) is 0 Å². The molecule has 0 aromatic carbocycles. The van der Waals surface area contributed by atoms with E-state index >= 15 is 0 Å². The maximum absolute atomic E-state index is 11.5. The summed E-state index contributed by atoms with van der Waals surface area (Å²) < 4.78 is 0. The molecule has 7 heteroatoms. The summed E-state index contributed by atoms with van der Waals surface area (Å²) >= 11 is 0. The largest absolute Gasteiger partial charge is 0.512 e. The number of aliphatic hydroxyl groups excluding tert-OH is 3. The van der Waals surface area contributed by atoms with Crippen molar-refractivity contribution >= 4 is 17.3 Å². The second-order valence-corrected chi connectivity index (χ2v) is 16.2. The van der Waals surface area contributed by atoms with Crippen molar-refractivity contribution < 1.29 is 67.4 Å². The number of allylic oxidation sites excluding steroid dienone is 6. The molecule has 0 atom stereocenters. The molecule has 1 radical (unpaired) electrons. The van der Waals surface area contributed by atoms with Gasteiger partial charge in [-0.05, 0) is 0 Å². The average Bonchev–Trinajstić information content (AvgIpc) is 2.64. The zero-order valence-corrected chi connectivity index (χ0v) is 30.5. The molecular formula is C33H60HoO6. The van der Waals surface area contributed by atoms with Crippen LogP contribution in [-0.4, -0.2) is 32.7 Å². The molecular weight excluding hydrogens is 657 g/mol. The molecule has 40 heavy (non-hydrogen) atoms. The number of hydrogen-bond acceptors (Lipinski definition) is 6. The Balaban J connectivity index is -0.000000240. The summed E-state index contributed by atoms with van der Waals surface area (Å²) in [5.41, 5.74) is -2.29. The zero-order valence-electron chi connectivity index (χ0n) is 28.6. The minimum atomic E-state index is -0.417. The molecule has 0 saturated carbocycles. The molecule has 0 aliphatic carbocycles. The Morgan fingerprint density at radius 1 is 0.350 bits per heavy atom. The van der Waals surface area contributed by atoms with Gasteiger partial charge in [0, 0.05) is 88.5 Å². The maximum Gasteiger partial charge on any atom is 0.164 e. The molecule has 0 bridgehead atoms. The van der Waals surface area contributed by atoms with Crippen LogP contribution >= 0.6 is 0 Å². The first-order chi connectivity index (χ1) is 16.6. The Morgan fingerprint density at radius 3 is 0.550 bits per heavy atom. The average molecular weight is 718 g/mol. The molecule has 0 unspecified atom stereocenters. The van der Waals surface area contributed by atoms with Crippen LogP contribution in [0.2, 0.25) is 0 Å². The third kappa shape index (κ3) is 21.6. The summed E-state index contributed by atoms with van der Waals surface area (Å²) in [7, 11) is 0. The van der Waals surface area contributed by atoms with E-state index in [1.165, 1.54) is 18.2 Å². The normalized spacial score (nSPS) is 14.1. The van der Waals surface area contributed by atoms with E-state index in [4.69, 9.17) is 0 Å². The molecule has 239 valence electrons. The van der Waals surface area contributed by atoms with Crippen LogP contribution in [-0.2, 0) is 14.4 Å². The second kappa shape index (κ2) is 16.5. The zero-order chi connectivity index (χ0) is 32.6. The van der Waals surface area contributed by atoms with E-state index in [1.54, 1.807) is 0 Å². The van der Waals surface area contributed by atoms with Crippen LogP contribution in [0.3, 0.4) is 0 Å². The number of carbonyl (C=O) groups excluding carboxylic acids is 3. The van der Waals surface area contributed by atoms with Crippen molar-refractivity contribution in [2.45, 2.75) is 125 Å². The molecule has 0 aliphatic rings. The van der Waals surface area contributed by atoms with E-state index < -0.39 is 16.2 Å². The van der Waals surface area contributed by atoms with Gasteiger partial charge in [-0.15, -0.1) is 0 Å². The predicted octanol–water partition coefficient (Wildman–Crippen LogP) is 9.27. The van der Waals surface area contributed by atoms with Crippen LogP contribution in [0.4, 0.5) is 0 Å². The first-order valence-corrected chi connectivity index (χ1v) is 13.5. The molecule has 0 spiro atoms. The summed E-state index contributed by atoms with van der Waals surface area (Å²) in [5.74, 6) is 0.312. The maximum atomic E-state index is 11.5. The Kier molecular flexibility index (Phi) is 18.9. The fourth-order valence-electron chi connectivity index (χ4n) is 1.67. The fraction of sp³-hybridized carbons (Fsp3) is 0.727. The molecule has 0 rings (SSSR count). The Hall–Kier alpha value is -1.11. The molecule has 0 aliphatic heterocycles. The third-order valence-electron chi connectivity index (χ3n) is 5.33. The molecule has 0 saturated heterocycles. The van der Waals surface area contributed by atoms with Crippen molar-refractivity contribution in [3.8, 4) is 0 Å². The first kappa shape index (κ1) is 45.9. The summed E-state index contributed by atoms with van der Waals surface area (Å²) in [5, 5.41) is 28.7. The fourth-order valence-corrected chi connectivity index (χ4v) is 1.67. The number of rotatable bonds is 3. The molecule has 0 aromatic rings. The molecule has 0 amide bonds. The monoisotopic (exact) mass is 717 g/mol. The van der Waals surface area contributed by atoms with Crippen LogP contribution in [0.15, 0.2) is 35.5 Å². The van der Waals surface area contributed by atoms with Crippen molar-refractivity contribution in [3.05, 3.63) is 35.5 Å². The van der Waals surface area contributed by atoms with Crippen molar-refractivity contribution in [1.82, 2.24) is 0 Å². The minimum Gasteiger partial charge on any atom is -0.512 e. The van der Waals surface area contributed by atoms with Gasteiger partial charge in [-0.1, -0.05) is 125 Å². The SMILES string of the molecule is CC(C)(C)C(=O)C=C(O)C(C)(C)C.CC(C)(C)C(=O)C=C(O)C(C)(C)C.CC(C)(C)C(=O)C=C(O)C(C)(C)C.[Ho]. The van der Waals surface area contributed by atoms with Gasteiger partial charge < -0.3 is 15.3 Å². The first-order valence-electron chi connectivity index (χ1n) is 13.5. The van der Waals surface area contributed by atoms with Gasteiger partial charge in [-0.2, -0.15) is 0 Å². The van der Waals surface area contributed by atoms with Crippen molar-refractivity contribution in [2.75, 3.05) is 0 Å². The van der Waals surface area contributed by atoms with Crippen molar-refractivity contribution in [2.24, 2.45) is 32.5 Å². The molecule has 0 heterocycles. The van der Waals surface area contributed by atoms with E-state index in [1.807, 2.05) is 125 Å². The van der Waals surface area contributed by atoms with Gasteiger partial charge in [0.15, 0.2) is 17.3 Å². The van der Waals surface area contributed by atoms with Gasteiger partial charge in [-0.3, -0.25) is 14.4 Å². The molecule has 3 N–H and O–H groups in total. The van der Waals surface area contributed by atoms with E-state index in [-0.39, 0.29) is 88.6 Å². The van der Waals surface area contributed by atoms with Crippen molar-refractivity contribution in [1.29, 1.82) is 0 Å². The third-order valence-corrected chi connectivity index (χ3v) is 5.33. The van der Waals surface area contributed by atoms with Crippen LogP contribution in [0.25, 0.3) is 0 Å². The number of aliphatic hydroxyl groups is 3. The number of carbonyl (C=O) groups is 3. The summed E-state index contributed by atoms with van der Waals surface area (Å²) in [6, 6.07) is 0. The van der Waals surface area contributed by atoms with Gasteiger partial charge >= 0.3 is 0 Å². The molecule has 6 nitrogen and oxygen atoms in total. The van der Waals surface area contributed by atoms with Gasteiger partial charge in [0.05, 0.1) is 0 Å². The van der Waals surface area contributed by atoms with E-state index in [2.05, 4.69) is 0 Å². The Morgan fingerprint density at radius 2 is 0.475 bits per heavy atom. The van der Waals surface area contributed by atoms with E-state index in [0.717, 1.165) is 0 Å². The van der Waals surface area contributed by atoms with E-state index in [9.17, 15) is 29.7 Å². The van der Waals surface area contributed by atoms with Crippen LogP contribution in [0.1, 0.15) is 125 Å². The molecule has 0 fully saturated rings. The standard InChI is InChI=1S/3C11H20O2.Ho/c3*1-10(2,3)8(12)7-9(13)11(4,5)6;/h3*7,12H,1-6H3;. The summed E-state index contributed by atoms with van der Waals surface area (Å²) in [6.07, 6.45) is 4.00. The van der Waals surface area contributed by atoms with Crippen LogP contribution < -0.4 is 0 Å². The summed E-state index contributed by atoms with van der Waals surface area (Å²) in [6.45, 7) is 33.3. The molecule has 0 aromatic heterocycles. The Labute approximate surface area is 275 Å². The van der Waals surface area contributed by atoms with Crippen LogP contribution in [0.5, 0.6) is 0 Å². The minimum absolute atomic E-state index is 0. The van der Waals surface area contributed by atoms with Gasteiger partial charge in [0.2, 0.25) is 0 Å². The smallest absolute Gasteiger partial charge is 0.164 e. The van der Waals surface area contributed by atoms with Crippen LogP contribution in [0, 0.1) is 70.2 Å². The van der Waals surface area contributed by atoms with Gasteiger partial charge in [0.25, 0.3) is 0 Å². The van der Waals surface area contributed by atoms with Gasteiger partial charge in [0.1, 0.15) is 17.3 Å².